The lowest BCUT2D eigenvalue weighted by molar-refractivity contribution is 0.168. The number of hydrogen-bond donors (Lipinski definition) is 0. The normalized spacial score (nSPS) is 15.6. The number of hydrogen-bond acceptors (Lipinski definition) is 8. The number of aromatic nitrogens is 4. The highest BCUT2D eigenvalue weighted by Gasteiger charge is 2.25. The molecule has 3 aromatic rings. The summed E-state index contributed by atoms with van der Waals surface area (Å²) in [5.41, 5.74) is 0.148. The predicted molar refractivity (Wildman–Crippen MR) is 111 cm³/mol. The van der Waals surface area contributed by atoms with Gasteiger partial charge < -0.3 is 14.2 Å². The molecule has 0 spiro atoms. The molecule has 31 heavy (non-hydrogen) atoms. The van der Waals surface area contributed by atoms with Crippen LogP contribution in [0.3, 0.4) is 0 Å². The lowest BCUT2D eigenvalue weighted by atomic mass is 10.1. The molecule has 0 saturated carbocycles. The molecule has 166 valence electrons. The first-order chi connectivity index (χ1) is 14.7. The van der Waals surface area contributed by atoms with Crippen molar-refractivity contribution in [1.82, 2.24) is 19.9 Å². The van der Waals surface area contributed by atoms with Gasteiger partial charge >= 0.3 is 6.01 Å². The summed E-state index contributed by atoms with van der Waals surface area (Å²) in [4.78, 5) is 6.39. The molecule has 4 rings (SSSR count). The number of halogens is 1. The molecule has 0 aliphatic carbocycles. The number of ether oxygens (including phenoxy) is 1. The first-order valence-electron chi connectivity index (χ1n) is 10.0. The van der Waals surface area contributed by atoms with Gasteiger partial charge in [0.2, 0.25) is 0 Å². The monoisotopic (exact) mass is 449 g/mol. The molecular formula is C20H24FN5O4S. The molecule has 1 fully saturated rings. The molecule has 0 unspecified atom stereocenters. The molecule has 11 heteroatoms. The van der Waals surface area contributed by atoms with Crippen LogP contribution in [0.2, 0.25) is 0 Å². The van der Waals surface area contributed by atoms with E-state index in [2.05, 4.69) is 15.2 Å². The van der Waals surface area contributed by atoms with Crippen molar-refractivity contribution in [1.29, 1.82) is 0 Å². The molecule has 0 bridgehead atoms. The minimum Gasteiger partial charge on any atom is -0.487 e. The molecule has 0 amide bonds. The molecule has 1 saturated heterocycles. The molecule has 9 nitrogen and oxygen atoms in total. The van der Waals surface area contributed by atoms with Crippen molar-refractivity contribution >= 4 is 15.9 Å². The Bertz CT molecular complexity index is 1170. The first-order valence-corrected chi connectivity index (χ1v) is 11.9. The molecule has 1 aliphatic rings. The Hall–Kier alpha value is -2.95. The van der Waals surface area contributed by atoms with Gasteiger partial charge in [0.1, 0.15) is 17.6 Å². The van der Waals surface area contributed by atoms with Crippen LogP contribution in [0.5, 0.6) is 5.75 Å². The first kappa shape index (κ1) is 21.3. The van der Waals surface area contributed by atoms with E-state index in [9.17, 15) is 12.8 Å². The number of benzene rings is 1. The van der Waals surface area contributed by atoms with Crippen LogP contribution in [0.25, 0.3) is 5.69 Å². The van der Waals surface area contributed by atoms with E-state index < -0.39 is 15.7 Å². The quantitative estimate of drug-likeness (QED) is 0.566. The third-order valence-electron chi connectivity index (χ3n) is 5.12. The van der Waals surface area contributed by atoms with Gasteiger partial charge in [-0.1, -0.05) is 19.0 Å². The SMILES string of the molecule is CC(C)c1noc(N2CCC(Oc3cnn(-c4ccc(S(C)(=O)=O)cc4F)c3)CC2)n1. The van der Waals surface area contributed by atoms with Crippen LogP contribution in [-0.2, 0) is 9.84 Å². The second-order valence-electron chi connectivity index (χ2n) is 7.90. The Morgan fingerprint density at radius 3 is 2.61 bits per heavy atom. The third kappa shape index (κ3) is 4.71. The van der Waals surface area contributed by atoms with Crippen molar-refractivity contribution in [3.8, 4) is 11.4 Å². The molecule has 0 N–H and O–H groups in total. The Balaban J connectivity index is 1.38. The molecular weight excluding hydrogens is 425 g/mol. The standard InChI is InChI=1S/C20H24FN5O4S/c1-13(2)19-23-20(30-24-19)25-8-6-14(7-9-25)29-15-11-22-26(12-15)18-5-4-16(10-17(18)21)31(3,27)28/h4-5,10-14H,6-9H2,1-3H3. The maximum Gasteiger partial charge on any atom is 0.324 e. The summed E-state index contributed by atoms with van der Waals surface area (Å²) in [5.74, 6) is 0.746. The van der Waals surface area contributed by atoms with Crippen molar-refractivity contribution in [2.75, 3.05) is 24.2 Å². The van der Waals surface area contributed by atoms with Gasteiger partial charge in [-0.05, 0) is 18.2 Å². The second-order valence-corrected chi connectivity index (χ2v) is 9.92. The fourth-order valence-electron chi connectivity index (χ4n) is 3.35. The fourth-order valence-corrected chi connectivity index (χ4v) is 3.98. The Kier molecular flexibility index (Phi) is 5.69. The van der Waals surface area contributed by atoms with E-state index in [1.807, 2.05) is 18.7 Å². The summed E-state index contributed by atoms with van der Waals surface area (Å²) in [5, 5.41) is 8.15. The second kappa shape index (κ2) is 8.29. The summed E-state index contributed by atoms with van der Waals surface area (Å²) >= 11 is 0. The zero-order valence-corrected chi connectivity index (χ0v) is 18.3. The van der Waals surface area contributed by atoms with E-state index in [-0.39, 0.29) is 22.6 Å². The molecule has 0 atom stereocenters. The number of sulfone groups is 1. The molecule has 0 radical (unpaired) electrons. The van der Waals surface area contributed by atoms with E-state index in [1.54, 1.807) is 6.20 Å². The number of anilines is 1. The Morgan fingerprint density at radius 2 is 2.00 bits per heavy atom. The molecule has 1 aliphatic heterocycles. The van der Waals surface area contributed by atoms with Crippen LogP contribution < -0.4 is 9.64 Å². The number of rotatable bonds is 6. The van der Waals surface area contributed by atoms with Crippen LogP contribution in [0, 0.1) is 5.82 Å². The van der Waals surface area contributed by atoms with Gasteiger partial charge in [0.15, 0.2) is 21.4 Å². The van der Waals surface area contributed by atoms with Crippen molar-refractivity contribution in [2.45, 2.75) is 43.6 Å². The summed E-state index contributed by atoms with van der Waals surface area (Å²) in [6.45, 7) is 5.47. The van der Waals surface area contributed by atoms with Crippen molar-refractivity contribution < 1.29 is 22.1 Å². The molecule has 3 heterocycles. The summed E-state index contributed by atoms with van der Waals surface area (Å²) in [6, 6.07) is 4.26. The highest BCUT2D eigenvalue weighted by Crippen LogP contribution is 2.25. The average Bonchev–Trinajstić information content (AvgIpc) is 3.38. The number of nitrogens with zero attached hydrogens (tertiary/aromatic N) is 5. The zero-order chi connectivity index (χ0) is 22.2. The van der Waals surface area contributed by atoms with E-state index in [4.69, 9.17) is 9.26 Å². The maximum atomic E-state index is 14.4. The van der Waals surface area contributed by atoms with E-state index in [1.165, 1.54) is 23.0 Å². The van der Waals surface area contributed by atoms with Gasteiger partial charge in [0, 0.05) is 38.1 Å². The van der Waals surface area contributed by atoms with Gasteiger partial charge in [-0.2, -0.15) is 10.1 Å². The average molecular weight is 450 g/mol. The van der Waals surface area contributed by atoms with Crippen LogP contribution in [0.4, 0.5) is 10.4 Å². The van der Waals surface area contributed by atoms with Crippen molar-refractivity contribution in [2.24, 2.45) is 0 Å². The van der Waals surface area contributed by atoms with E-state index in [0.29, 0.717) is 17.6 Å². The summed E-state index contributed by atoms with van der Waals surface area (Å²) in [6.07, 6.45) is 5.65. The maximum absolute atomic E-state index is 14.4. The Morgan fingerprint density at radius 1 is 1.26 bits per heavy atom. The van der Waals surface area contributed by atoms with Crippen LogP contribution in [0.15, 0.2) is 40.0 Å². The summed E-state index contributed by atoms with van der Waals surface area (Å²) < 4.78 is 50.2. The fraction of sp³-hybridized carbons (Fsp3) is 0.450. The minimum absolute atomic E-state index is 0.0150. The smallest absolute Gasteiger partial charge is 0.324 e. The highest BCUT2D eigenvalue weighted by atomic mass is 32.2. The van der Waals surface area contributed by atoms with Crippen LogP contribution in [0.1, 0.15) is 38.4 Å². The minimum atomic E-state index is -3.48. The summed E-state index contributed by atoms with van der Waals surface area (Å²) in [7, 11) is -3.48. The lowest BCUT2D eigenvalue weighted by Crippen LogP contribution is -2.38. The van der Waals surface area contributed by atoms with E-state index in [0.717, 1.165) is 38.3 Å². The van der Waals surface area contributed by atoms with Gasteiger partial charge in [0.05, 0.1) is 17.3 Å². The topological polar surface area (TPSA) is 103 Å². The van der Waals surface area contributed by atoms with Gasteiger partial charge in [0.25, 0.3) is 0 Å². The molecule has 2 aromatic heterocycles. The molecule has 1 aromatic carbocycles. The lowest BCUT2D eigenvalue weighted by Gasteiger charge is -2.30. The van der Waals surface area contributed by atoms with E-state index >= 15 is 0 Å². The number of piperidine rings is 1. The third-order valence-corrected chi connectivity index (χ3v) is 6.23. The highest BCUT2D eigenvalue weighted by molar-refractivity contribution is 7.90. The van der Waals surface area contributed by atoms with Gasteiger partial charge in [-0.15, -0.1) is 0 Å². The largest absolute Gasteiger partial charge is 0.487 e. The van der Waals surface area contributed by atoms with Gasteiger partial charge in [-0.3, -0.25) is 0 Å². The van der Waals surface area contributed by atoms with Crippen LogP contribution in [-0.4, -0.2) is 53.8 Å². The Labute approximate surface area is 179 Å². The van der Waals surface area contributed by atoms with Crippen molar-refractivity contribution in [3.05, 3.63) is 42.2 Å². The van der Waals surface area contributed by atoms with Gasteiger partial charge in [-0.25, -0.2) is 17.5 Å². The van der Waals surface area contributed by atoms with Crippen LogP contribution >= 0.6 is 0 Å². The van der Waals surface area contributed by atoms with Crippen molar-refractivity contribution in [3.63, 3.8) is 0 Å². The zero-order valence-electron chi connectivity index (χ0n) is 17.5. The predicted octanol–water partition coefficient (Wildman–Crippen LogP) is 2.97.